The van der Waals surface area contributed by atoms with E-state index in [1.807, 2.05) is 0 Å². The van der Waals surface area contributed by atoms with E-state index in [-0.39, 0.29) is 23.4 Å². The van der Waals surface area contributed by atoms with Crippen LogP contribution in [0.4, 0.5) is 4.39 Å². The van der Waals surface area contributed by atoms with E-state index in [1.54, 1.807) is 47.4 Å². The molecule has 0 N–H and O–H groups in total. The monoisotopic (exact) mass is 379 g/mol. The van der Waals surface area contributed by atoms with Gasteiger partial charge in [0.25, 0.3) is 5.91 Å². The number of halogens is 2. The number of nitriles is 1. The Bertz CT molecular complexity index is 999. The second-order valence-corrected chi connectivity index (χ2v) is 6.35. The molecule has 0 radical (unpaired) electrons. The van der Waals surface area contributed by atoms with E-state index < -0.39 is 0 Å². The van der Waals surface area contributed by atoms with Crippen LogP contribution in [0.15, 0.2) is 66.9 Å². The molecule has 27 heavy (non-hydrogen) atoms. The van der Waals surface area contributed by atoms with E-state index in [1.165, 1.54) is 24.4 Å². The van der Waals surface area contributed by atoms with Crippen molar-refractivity contribution < 1.29 is 9.18 Å². The smallest absolute Gasteiger partial charge is 0.254 e. The van der Waals surface area contributed by atoms with E-state index in [0.717, 1.165) is 5.56 Å². The topological polar surface area (TPSA) is 57.0 Å². The predicted octanol–water partition coefficient (Wildman–Crippen LogP) is 4.59. The number of nitrogens with zero attached hydrogens (tertiary/aromatic N) is 3. The van der Waals surface area contributed by atoms with Crippen molar-refractivity contribution in [3.8, 4) is 6.07 Å². The predicted molar refractivity (Wildman–Crippen MR) is 100 cm³/mol. The molecular formula is C21H15ClFN3O. The van der Waals surface area contributed by atoms with Crippen LogP contribution in [-0.2, 0) is 13.1 Å². The van der Waals surface area contributed by atoms with Crippen LogP contribution in [0.1, 0.15) is 27.0 Å². The molecule has 6 heteroatoms. The summed E-state index contributed by atoms with van der Waals surface area (Å²) in [7, 11) is 0. The molecule has 0 aliphatic heterocycles. The molecule has 0 aliphatic rings. The summed E-state index contributed by atoms with van der Waals surface area (Å²) >= 11 is 5.91. The van der Waals surface area contributed by atoms with Crippen molar-refractivity contribution in [2.24, 2.45) is 0 Å². The van der Waals surface area contributed by atoms with Gasteiger partial charge in [-0.25, -0.2) is 9.37 Å². The van der Waals surface area contributed by atoms with Crippen LogP contribution in [0.5, 0.6) is 0 Å². The molecule has 0 unspecified atom stereocenters. The summed E-state index contributed by atoms with van der Waals surface area (Å²) in [6.45, 7) is 0.539. The lowest BCUT2D eigenvalue weighted by molar-refractivity contribution is 0.0729. The van der Waals surface area contributed by atoms with Gasteiger partial charge in [-0.2, -0.15) is 5.26 Å². The van der Waals surface area contributed by atoms with Crippen molar-refractivity contribution in [1.29, 1.82) is 5.26 Å². The molecule has 2 aromatic carbocycles. The Balaban J connectivity index is 1.89. The number of carbonyl (C=O) groups is 1. The summed E-state index contributed by atoms with van der Waals surface area (Å²) in [5.74, 6) is -0.599. The average Bonchev–Trinajstić information content (AvgIpc) is 2.67. The molecule has 0 spiro atoms. The number of carbonyl (C=O) groups excluding carboxylic acids is 1. The van der Waals surface area contributed by atoms with E-state index >= 15 is 0 Å². The van der Waals surface area contributed by atoms with Gasteiger partial charge >= 0.3 is 0 Å². The van der Waals surface area contributed by atoms with Crippen LogP contribution in [0.2, 0.25) is 5.15 Å². The number of hydrogen-bond donors (Lipinski definition) is 0. The first kappa shape index (κ1) is 18.6. The third kappa shape index (κ3) is 4.90. The first-order chi connectivity index (χ1) is 13.0. The van der Waals surface area contributed by atoms with Crippen LogP contribution in [0.25, 0.3) is 0 Å². The van der Waals surface area contributed by atoms with Gasteiger partial charge in [-0.3, -0.25) is 4.79 Å². The van der Waals surface area contributed by atoms with Gasteiger partial charge in [-0.1, -0.05) is 35.9 Å². The minimum atomic E-state index is -0.356. The highest BCUT2D eigenvalue weighted by molar-refractivity contribution is 6.29. The lowest BCUT2D eigenvalue weighted by Gasteiger charge is -2.23. The van der Waals surface area contributed by atoms with Crippen molar-refractivity contribution in [2.45, 2.75) is 13.1 Å². The maximum absolute atomic E-state index is 13.5. The molecule has 3 aromatic rings. The Morgan fingerprint density at radius 3 is 2.48 bits per heavy atom. The van der Waals surface area contributed by atoms with Crippen LogP contribution in [0, 0.1) is 17.1 Å². The molecule has 0 saturated heterocycles. The first-order valence-corrected chi connectivity index (χ1v) is 8.57. The van der Waals surface area contributed by atoms with Gasteiger partial charge in [-0.05, 0) is 47.5 Å². The Morgan fingerprint density at radius 1 is 1.07 bits per heavy atom. The van der Waals surface area contributed by atoms with Gasteiger partial charge in [-0.15, -0.1) is 0 Å². The quantitative estimate of drug-likeness (QED) is 0.609. The van der Waals surface area contributed by atoms with Crippen molar-refractivity contribution in [3.63, 3.8) is 0 Å². The summed E-state index contributed by atoms with van der Waals surface area (Å²) in [5.41, 5.74) is 2.48. The zero-order chi connectivity index (χ0) is 19.2. The van der Waals surface area contributed by atoms with Crippen molar-refractivity contribution >= 4 is 17.5 Å². The maximum atomic E-state index is 13.5. The summed E-state index contributed by atoms with van der Waals surface area (Å²) in [5, 5.41) is 9.15. The molecule has 0 fully saturated rings. The van der Waals surface area contributed by atoms with E-state index in [2.05, 4.69) is 11.1 Å². The number of amides is 1. The molecule has 1 aromatic heterocycles. The fraction of sp³-hybridized carbons (Fsp3) is 0.0952. The van der Waals surface area contributed by atoms with E-state index in [9.17, 15) is 9.18 Å². The van der Waals surface area contributed by atoms with Gasteiger partial charge in [0.1, 0.15) is 11.0 Å². The van der Waals surface area contributed by atoms with E-state index in [4.69, 9.17) is 16.9 Å². The Morgan fingerprint density at radius 2 is 1.81 bits per heavy atom. The number of pyridine rings is 1. The van der Waals surface area contributed by atoms with Gasteiger partial charge in [0.15, 0.2) is 0 Å². The lowest BCUT2D eigenvalue weighted by Crippen LogP contribution is -2.30. The highest BCUT2D eigenvalue weighted by atomic mass is 35.5. The zero-order valence-corrected chi connectivity index (χ0v) is 15.0. The Kier molecular flexibility index (Phi) is 5.80. The normalized spacial score (nSPS) is 10.3. The van der Waals surface area contributed by atoms with Crippen LogP contribution in [-0.4, -0.2) is 15.8 Å². The summed E-state index contributed by atoms with van der Waals surface area (Å²) in [4.78, 5) is 18.5. The second-order valence-electron chi connectivity index (χ2n) is 5.97. The van der Waals surface area contributed by atoms with Crippen molar-refractivity contribution in [1.82, 2.24) is 9.88 Å². The summed E-state index contributed by atoms with van der Waals surface area (Å²) in [6.07, 6.45) is 1.47. The first-order valence-electron chi connectivity index (χ1n) is 8.19. The molecule has 0 atom stereocenters. The minimum absolute atomic E-state index is 0.227. The number of benzene rings is 2. The standard InChI is InChI=1S/C21H15ClFN3O/c22-20-11-18(8-9-25-20)21(27)26(14-17-2-1-3-19(23)10-17)13-16-6-4-15(12-24)5-7-16/h1-11H,13-14H2. The maximum Gasteiger partial charge on any atom is 0.254 e. The Hall–Kier alpha value is -3.23. The molecule has 0 bridgehead atoms. The number of hydrogen-bond acceptors (Lipinski definition) is 3. The fourth-order valence-electron chi connectivity index (χ4n) is 2.68. The molecule has 0 saturated carbocycles. The van der Waals surface area contributed by atoms with Gasteiger partial charge < -0.3 is 4.90 Å². The lowest BCUT2D eigenvalue weighted by atomic mass is 10.1. The molecule has 3 rings (SSSR count). The molecule has 134 valence electrons. The third-order valence-corrected chi connectivity index (χ3v) is 4.19. The molecule has 1 amide bonds. The summed E-state index contributed by atoms with van der Waals surface area (Å²) in [6, 6.07) is 18.3. The van der Waals surface area contributed by atoms with Gasteiger partial charge in [0.05, 0.1) is 11.6 Å². The van der Waals surface area contributed by atoms with Gasteiger partial charge in [0, 0.05) is 24.8 Å². The minimum Gasteiger partial charge on any atom is -0.330 e. The van der Waals surface area contributed by atoms with Crippen molar-refractivity contribution in [3.05, 3.63) is 100 Å². The van der Waals surface area contributed by atoms with Crippen LogP contribution >= 0.6 is 11.6 Å². The van der Waals surface area contributed by atoms with Crippen LogP contribution in [0.3, 0.4) is 0 Å². The highest BCUT2D eigenvalue weighted by Crippen LogP contribution is 2.17. The number of rotatable bonds is 5. The second kappa shape index (κ2) is 8.43. The van der Waals surface area contributed by atoms with E-state index in [0.29, 0.717) is 23.2 Å². The number of aromatic nitrogens is 1. The molecule has 4 nitrogen and oxygen atoms in total. The molecule has 1 heterocycles. The fourth-order valence-corrected chi connectivity index (χ4v) is 2.85. The largest absolute Gasteiger partial charge is 0.330 e. The van der Waals surface area contributed by atoms with Crippen LogP contribution < -0.4 is 0 Å². The third-order valence-electron chi connectivity index (χ3n) is 3.98. The Labute approximate surface area is 161 Å². The zero-order valence-electron chi connectivity index (χ0n) is 14.3. The molecule has 0 aliphatic carbocycles. The van der Waals surface area contributed by atoms with Gasteiger partial charge in [0.2, 0.25) is 0 Å². The van der Waals surface area contributed by atoms with Crippen molar-refractivity contribution in [2.75, 3.05) is 0 Å². The molecular weight excluding hydrogens is 365 g/mol. The highest BCUT2D eigenvalue weighted by Gasteiger charge is 2.17. The average molecular weight is 380 g/mol. The summed E-state index contributed by atoms with van der Waals surface area (Å²) < 4.78 is 13.5. The SMILES string of the molecule is N#Cc1ccc(CN(Cc2cccc(F)c2)C(=O)c2ccnc(Cl)c2)cc1.